The standard InChI is InChI=1S/C14H18BrN3O/c1-18-8-7-17-14(18)6-5-13(16)11-9-10(19-2)3-4-12(11)15/h3-4,7-9,13H,5-6,16H2,1-2H3. The molecule has 0 saturated heterocycles. The van der Waals surface area contributed by atoms with E-state index in [4.69, 9.17) is 10.5 Å². The van der Waals surface area contributed by atoms with Crippen LogP contribution in [0.1, 0.15) is 23.9 Å². The average molecular weight is 324 g/mol. The molecule has 0 aliphatic rings. The van der Waals surface area contributed by atoms with E-state index in [1.54, 1.807) is 7.11 Å². The lowest BCUT2D eigenvalue weighted by molar-refractivity contribution is 0.413. The zero-order valence-electron chi connectivity index (χ0n) is 11.1. The highest BCUT2D eigenvalue weighted by Crippen LogP contribution is 2.28. The van der Waals surface area contributed by atoms with Crippen LogP contribution in [0.5, 0.6) is 5.75 Å². The van der Waals surface area contributed by atoms with Gasteiger partial charge in [0.15, 0.2) is 0 Å². The summed E-state index contributed by atoms with van der Waals surface area (Å²) in [6.45, 7) is 0. The van der Waals surface area contributed by atoms with Crippen molar-refractivity contribution in [3.8, 4) is 5.75 Å². The summed E-state index contributed by atoms with van der Waals surface area (Å²) in [5.41, 5.74) is 7.33. The molecule has 0 saturated carbocycles. The summed E-state index contributed by atoms with van der Waals surface area (Å²) in [5.74, 6) is 1.88. The minimum absolute atomic E-state index is 0.0406. The van der Waals surface area contributed by atoms with Gasteiger partial charge in [-0.05, 0) is 30.2 Å². The summed E-state index contributed by atoms with van der Waals surface area (Å²) >= 11 is 3.54. The van der Waals surface area contributed by atoms with Crippen LogP contribution in [0, 0.1) is 0 Å². The largest absolute Gasteiger partial charge is 0.497 e. The number of benzene rings is 1. The average Bonchev–Trinajstić information content (AvgIpc) is 2.82. The van der Waals surface area contributed by atoms with E-state index in [0.29, 0.717) is 0 Å². The van der Waals surface area contributed by atoms with Gasteiger partial charge in [-0.1, -0.05) is 15.9 Å². The third-order valence-corrected chi connectivity index (χ3v) is 3.92. The second-order valence-electron chi connectivity index (χ2n) is 4.49. The van der Waals surface area contributed by atoms with Crippen LogP contribution in [-0.4, -0.2) is 16.7 Å². The summed E-state index contributed by atoms with van der Waals surface area (Å²) in [6, 6.07) is 5.82. The van der Waals surface area contributed by atoms with Crippen LogP contribution in [0.3, 0.4) is 0 Å². The van der Waals surface area contributed by atoms with E-state index in [9.17, 15) is 0 Å². The lowest BCUT2D eigenvalue weighted by atomic mass is 10.0. The van der Waals surface area contributed by atoms with Crippen LogP contribution in [0.15, 0.2) is 35.1 Å². The van der Waals surface area contributed by atoms with Crippen molar-refractivity contribution in [2.45, 2.75) is 18.9 Å². The van der Waals surface area contributed by atoms with Crippen molar-refractivity contribution < 1.29 is 4.74 Å². The van der Waals surface area contributed by atoms with E-state index in [0.717, 1.165) is 34.5 Å². The van der Waals surface area contributed by atoms with Crippen molar-refractivity contribution in [1.82, 2.24) is 9.55 Å². The van der Waals surface area contributed by atoms with Gasteiger partial charge in [-0.3, -0.25) is 0 Å². The lowest BCUT2D eigenvalue weighted by Crippen LogP contribution is -2.13. The molecule has 0 spiro atoms. The molecular weight excluding hydrogens is 306 g/mol. The van der Waals surface area contributed by atoms with E-state index in [2.05, 4.69) is 20.9 Å². The lowest BCUT2D eigenvalue weighted by Gasteiger charge is -2.15. The van der Waals surface area contributed by atoms with E-state index in [-0.39, 0.29) is 6.04 Å². The van der Waals surface area contributed by atoms with Crippen molar-refractivity contribution in [3.63, 3.8) is 0 Å². The fourth-order valence-electron chi connectivity index (χ4n) is 2.01. The van der Waals surface area contributed by atoms with Crippen molar-refractivity contribution >= 4 is 15.9 Å². The predicted octanol–water partition coefficient (Wildman–Crippen LogP) is 2.82. The summed E-state index contributed by atoms with van der Waals surface area (Å²) in [5, 5.41) is 0. The Bertz CT molecular complexity index is 553. The van der Waals surface area contributed by atoms with Crippen LogP contribution >= 0.6 is 15.9 Å². The number of halogens is 1. The molecule has 0 fully saturated rings. The third kappa shape index (κ3) is 3.36. The third-order valence-electron chi connectivity index (χ3n) is 3.20. The highest BCUT2D eigenvalue weighted by atomic mass is 79.9. The van der Waals surface area contributed by atoms with Crippen molar-refractivity contribution in [2.24, 2.45) is 12.8 Å². The molecule has 0 aliphatic heterocycles. The molecule has 1 aromatic carbocycles. The van der Waals surface area contributed by atoms with Crippen LogP contribution in [-0.2, 0) is 13.5 Å². The number of rotatable bonds is 5. The fourth-order valence-corrected chi connectivity index (χ4v) is 2.55. The van der Waals surface area contributed by atoms with Crippen molar-refractivity contribution in [2.75, 3.05) is 7.11 Å². The van der Waals surface area contributed by atoms with Gasteiger partial charge >= 0.3 is 0 Å². The smallest absolute Gasteiger partial charge is 0.119 e. The van der Waals surface area contributed by atoms with Crippen LogP contribution in [0.4, 0.5) is 0 Å². The van der Waals surface area contributed by atoms with Crippen molar-refractivity contribution in [1.29, 1.82) is 0 Å². The normalized spacial score (nSPS) is 12.4. The van der Waals surface area contributed by atoms with Gasteiger partial charge in [0, 0.05) is 36.4 Å². The number of imidazole rings is 1. The summed E-state index contributed by atoms with van der Waals surface area (Å²) < 4.78 is 8.27. The van der Waals surface area contributed by atoms with Gasteiger partial charge in [-0.15, -0.1) is 0 Å². The van der Waals surface area contributed by atoms with Crippen molar-refractivity contribution in [3.05, 3.63) is 46.5 Å². The molecule has 4 nitrogen and oxygen atoms in total. The van der Waals surface area contributed by atoms with Gasteiger partial charge in [0.2, 0.25) is 0 Å². The maximum Gasteiger partial charge on any atom is 0.119 e. The molecule has 0 bridgehead atoms. The first kappa shape index (κ1) is 14.1. The van der Waals surface area contributed by atoms with Crippen LogP contribution < -0.4 is 10.5 Å². The fraction of sp³-hybridized carbons (Fsp3) is 0.357. The maximum atomic E-state index is 6.26. The molecule has 1 aromatic heterocycles. The first-order chi connectivity index (χ1) is 9.11. The number of methoxy groups -OCH3 is 1. The van der Waals surface area contributed by atoms with Gasteiger partial charge in [0.1, 0.15) is 11.6 Å². The van der Waals surface area contributed by atoms with Crippen LogP contribution in [0.2, 0.25) is 0 Å². The van der Waals surface area contributed by atoms with Gasteiger partial charge in [-0.2, -0.15) is 0 Å². The molecular formula is C14H18BrN3O. The minimum atomic E-state index is -0.0406. The second kappa shape index (κ2) is 6.21. The summed E-state index contributed by atoms with van der Waals surface area (Å²) in [7, 11) is 3.65. The number of hydrogen-bond acceptors (Lipinski definition) is 3. The summed E-state index contributed by atoms with van der Waals surface area (Å²) in [6.07, 6.45) is 5.45. The topological polar surface area (TPSA) is 53.1 Å². The molecule has 0 radical (unpaired) electrons. The van der Waals surface area contributed by atoms with E-state index >= 15 is 0 Å². The Labute approximate surface area is 121 Å². The second-order valence-corrected chi connectivity index (χ2v) is 5.34. The van der Waals surface area contributed by atoms with Crippen LogP contribution in [0.25, 0.3) is 0 Å². The van der Waals surface area contributed by atoms with Gasteiger partial charge in [0.05, 0.1) is 7.11 Å². The number of ether oxygens (including phenoxy) is 1. The highest BCUT2D eigenvalue weighted by Gasteiger charge is 2.12. The Morgan fingerprint density at radius 3 is 2.89 bits per heavy atom. The van der Waals surface area contributed by atoms with Gasteiger partial charge in [-0.25, -0.2) is 4.98 Å². The van der Waals surface area contributed by atoms with Gasteiger partial charge < -0.3 is 15.0 Å². The zero-order valence-corrected chi connectivity index (χ0v) is 12.7. The minimum Gasteiger partial charge on any atom is -0.497 e. The quantitative estimate of drug-likeness (QED) is 0.920. The molecule has 0 aliphatic carbocycles. The highest BCUT2D eigenvalue weighted by molar-refractivity contribution is 9.10. The Morgan fingerprint density at radius 1 is 1.47 bits per heavy atom. The predicted molar refractivity (Wildman–Crippen MR) is 79.2 cm³/mol. The van der Waals surface area contributed by atoms with E-state index in [1.807, 2.05) is 42.2 Å². The number of aromatic nitrogens is 2. The molecule has 19 heavy (non-hydrogen) atoms. The Balaban J connectivity index is 2.07. The molecule has 1 unspecified atom stereocenters. The molecule has 1 atom stereocenters. The number of nitrogens with zero attached hydrogens (tertiary/aromatic N) is 2. The molecule has 102 valence electrons. The number of hydrogen-bond donors (Lipinski definition) is 1. The van der Waals surface area contributed by atoms with Gasteiger partial charge in [0.25, 0.3) is 0 Å². The molecule has 1 heterocycles. The molecule has 0 amide bonds. The monoisotopic (exact) mass is 323 g/mol. The number of nitrogens with two attached hydrogens (primary N) is 1. The Kier molecular flexibility index (Phi) is 4.61. The molecule has 2 rings (SSSR count). The Morgan fingerprint density at radius 2 is 2.26 bits per heavy atom. The SMILES string of the molecule is COc1ccc(Br)c(C(N)CCc2nccn2C)c1. The number of aryl methyl sites for hydroxylation is 2. The first-order valence-corrected chi connectivity index (χ1v) is 6.96. The maximum absolute atomic E-state index is 6.26. The molecule has 2 aromatic rings. The molecule has 2 N–H and O–H groups in total. The molecule has 5 heteroatoms. The first-order valence-electron chi connectivity index (χ1n) is 6.17. The van der Waals surface area contributed by atoms with E-state index in [1.165, 1.54) is 0 Å². The Hall–Kier alpha value is -1.33. The summed E-state index contributed by atoms with van der Waals surface area (Å²) in [4.78, 5) is 4.31. The zero-order chi connectivity index (χ0) is 13.8. The van der Waals surface area contributed by atoms with E-state index < -0.39 is 0 Å².